The molecule has 4 N–H and O–H groups in total. The maximum absolute atomic E-state index is 12.2. The fraction of sp³-hybridized carbons (Fsp3) is 0.467. The minimum atomic E-state index is -0.819. The SMILES string of the molecule is Cc1ccc2nc(CNC(=O)C3(N)CCOCC3)[nH]c2c1. The van der Waals surface area contributed by atoms with Gasteiger partial charge in [-0.05, 0) is 37.5 Å². The van der Waals surface area contributed by atoms with Crippen LogP contribution in [0.15, 0.2) is 18.2 Å². The predicted molar refractivity (Wildman–Crippen MR) is 79.6 cm³/mol. The van der Waals surface area contributed by atoms with Gasteiger partial charge < -0.3 is 20.8 Å². The van der Waals surface area contributed by atoms with Gasteiger partial charge in [-0.25, -0.2) is 4.98 Å². The van der Waals surface area contributed by atoms with Crippen LogP contribution in [0.4, 0.5) is 0 Å². The second-order valence-electron chi connectivity index (χ2n) is 5.66. The molecule has 1 aliphatic heterocycles. The first-order valence-corrected chi connectivity index (χ1v) is 7.17. The molecule has 1 amide bonds. The molecule has 1 fully saturated rings. The van der Waals surface area contributed by atoms with Crippen molar-refractivity contribution in [1.82, 2.24) is 15.3 Å². The van der Waals surface area contributed by atoms with Crippen LogP contribution < -0.4 is 11.1 Å². The summed E-state index contributed by atoms with van der Waals surface area (Å²) in [6, 6.07) is 6.02. The second kappa shape index (κ2) is 5.46. The lowest BCUT2D eigenvalue weighted by Gasteiger charge is -2.31. The molecule has 1 aromatic carbocycles. The number of H-pyrrole nitrogens is 1. The number of rotatable bonds is 3. The first kappa shape index (κ1) is 14.0. The van der Waals surface area contributed by atoms with Gasteiger partial charge in [-0.2, -0.15) is 0 Å². The first-order chi connectivity index (χ1) is 10.1. The van der Waals surface area contributed by atoms with Crippen molar-refractivity contribution in [2.45, 2.75) is 31.8 Å². The quantitative estimate of drug-likeness (QED) is 0.785. The normalized spacial score (nSPS) is 17.8. The van der Waals surface area contributed by atoms with Crippen molar-refractivity contribution in [3.63, 3.8) is 0 Å². The number of carbonyl (C=O) groups is 1. The number of hydrogen-bond donors (Lipinski definition) is 3. The standard InChI is InChI=1S/C15H20N4O2/c1-10-2-3-11-12(8-10)19-13(18-11)9-17-14(20)15(16)4-6-21-7-5-15/h2-3,8H,4-7,9,16H2,1H3,(H,17,20)(H,18,19). The predicted octanol–water partition coefficient (Wildman–Crippen LogP) is 0.995. The van der Waals surface area contributed by atoms with Crippen LogP contribution in [0.5, 0.6) is 0 Å². The zero-order valence-electron chi connectivity index (χ0n) is 12.1. The van der Waals surface area contributed by atoms with Crippen molar-refractivity contribution in [3.8, 4) is 0 Å². The molecule has 6 heteroatoms. The monoisotopic (exact) mass is 288 g/mol. The topological polar surface area (TPSA) is 93.0 Å². The Kier molecular flexibility index (Phi) is 3.65. The Hall–Kier alpha value is -1.92. The molecule has 0 radical (unpaired) electrons. The van der Waals surface area contributed by atoms with Gasteiger partial charge in [0.2, 0.25) is 5.91 Å². The van der Waals surface area contributed by atoms with Gasteiger partial charge in [0.25, 0.3) is 0 Å². The molecule has 0 bridgehead atoms. The van der Waals surface area contributed by atoms with Crippen molar-refractivity contribution in [1.29, 1.82) is 0 Å². The third kappa shape index (κ3) is 2.91. The molecule has 0 atom stereocenters. The molecule has 0 unspecified atom stereocenters. The molecule has 21 heavy (non-hydrogen) atoms. The van der Waals surface area contributed by atoms with Crippen molar-refractivity contribution < 1.29 is 9.53 Å². The summed E-state index contributed by atoms with van der Waals surface area (Å²) >= 11 is 0. The lowest BCUT2D eigenvalue weighted by molar-refractivity contribution is -0.129. The van der Waals surface area contributed by atoms with Gasteiger partial charge in [0, 0.05) is 13.2 Å². The minimum Gasteiger partial charge on any atom is -0.381 e. The maximum Gasteiger partial charge on any atom is 0.240 e. The highest BCUT2D eigenvalue weighted by Gasteiger charge is 2.35. The number of aryl methyl sites for hydroxylation is 1. The minimum absolute atomic E-state index is 0.137. The molecule has 0 spiro atoms. The van der Waals surface area contributed by atoms with Gasteiger partial charge in [0.05, 0.1) is 23.1 Å². The van der Waals surface area contributed by atoms with E-state index in [1.165, 1.54) is 5.56 Å². The Balaban J connectivity index is 1.67. The van der Waals surface area contributed by atoms with E-state index < -0.39 is 5.54 Å². The zero-order chi connectivity index (χ0) is 14.9. The highest BCUT2D eigenvalue weighted by atomic mass is 16.5. The molecule has 3 rings (SSSR count). The van der Waals surface area contributed by atoms with E-state index in [2.05, 4.69) is 15.3 Å². The van der Waals surface area contributed by atoms with Crippen LogP contribution in [-0.4, -0.2) is 34.6 Å². The van der Waals surface area contributed by atoms with Crippen LogP contribution in [0.3, 0.4) is 0 Å². The Bertz CT molecular complexity index is 659. The molecular weight excluding hydrogens is 268 g/mol. The summed E-state index contributed by atoms with van der Waals surface area (Å²) in [7, 11) is 0. The first-order valence-electron chi connectivity index (χ1n) is 7.17. The Labute approximate surface area is 123 Å². The zero-order valence-corrected chi connectivity index (χ0v) is 12.1. The van der Waals surface area contributed by atoms with Gasteiger partial charge in [0.1, 0.15) is 5.82 Å². The number of hydrogen-bond acceptors (Lipinski definition) is 4. The van der Waals surface area contributed by atoms with E-state index in [1.807, 2.05) is 25.1 Å². The molecule has 2 aromatic rings. The largest absolute Gasteiger partial charge is 0.381 e. The van der Waals surface area contributed by atoms with Crippen molar-refractivity contribution in [3.05, 3.63) is 29.6 Å². The van der Waals surface area contributed by atoms with E-state index in [0.717, 1.165) is 16.9 Å². The van der Waals surface area contributed by atoms with Gasteiger partial charge in [-0.1, -0.05) is 6.07 Å². The van der Waals surface area contributed by atoms with E-state index in [4.69, 9.17) is 10.5 Å². The van der Waals surface area contributed by atoms with Crippen LogP contribution in [0.2, 0.25) is 0 Å². The number of nitrogens with two attached hydrogens (primary N) is 1. The van der Waals surface area contributed by atoms with Crippen LogP contribution in [-0.2, 0) is 16.1 Å². The van der Waals surface area contributed by atoms with E-state index >= 15 is 0 Å². The van der Waals surface area contributed by atoms with Crippen molar-refractivity contribution in [2.24, 2.45) is 5.73 Å². The highest BCUT2D eigenvalue weighted by Crippen LogP contribution is 2.18. The Morgan fingerprint density at radius 2 is 2.24 bits per heavy atom. The molecule has 0 aliphatic carbocycles. The van der Waals surface area contributed by atoms with E-state index in [1.54, 1.807) is 0 Å². The molecule has 1 saturated heterocycles. The summed E-state index contributed by atoms with van der Waals surface area (Å²) in [5, 5.41) is 2.87. The average Bonchev–Trinajstić information content (AvgIpc) is 2.87. The number of amides is 1. The summed E-state index contributed by atoms with van der Waals surface area (Å²) in [6.45, 7) is 3.46. The number of fused-ring (bicyclic) bond motifs is 1. The van der Waals surface area contributed by atoms with E-state index in [0.29, 0.717) is 32.6 Å². The number of aromatic nitrogens is 2. The van der Waals surface area contributed by atoms with Gasteiger partial charge >= 0.3 is 0 Å². The molecule has 6 nitrogen and oxygen atoms in total. The number of aromatic amines is 1. The number of ether oxygens (including phenoxy) is 1. The lowest BCUT2D eigenvalue weighted by atomic mass is 9.90. The summed E-state index contributed by atoms with van der Waals surface area (Å²) in [5.74, 6) is 0.599. The molecular formula is C15H20N4O2. The fourth-order valence-corrected chi connectivity index (χ4v) is 2.56. The lowest BCUT2D eigenvalue weighted by Crippen LogP contribution is -2.56. The van der Waals surface area contributed by atoms with E-state index in [-0.39, 0.29) is 5.91 Å². The summed E-state index contributed by atoms with van der Waals surface area (Å²) in [4.78, 5) is 19.9. The van der Waals surface area contributed by atoms with Crippen molar-refractivity contribution >= 4 is 16.9 Å². The number of carbonyl (C=O) groups excluding carboxylic acids is 1. The smallest absolute Gasteiger partial charge is 0.240 e. The average molecular weight is 288 g/mol. The van der Waals surface area contributed by atoms with Crippen LogP contribution >= 0.6 is 0 Å². The maximum atomic E-state index is 12.2. The van der Waals surface area contributed by atoms with Crippen molar-refractivity contribution in [2.75, 3.05) is 13.2 Å². The molecule has 112 valence electrons. The molecule has 0 saturated carbocycles. The second-order valence-corrected chi connectivity index (χ2v) is 5.66. The number of nitrogens with one attached hydrogen (secondary N) is 2. The Morgan fingerprint density at radius 1 is 1.48 bits per heavy atom. The Morgan fingerprint density at radius 3 is 3.00 bits per heavy atom. The number of nitrogens with zero attached hydrogens (tertiary/aromatic N) is 1. The molecule has 2 heterocycles. The summed E-state index contributed by atoms with van der Waals surface area (Å²) < 4.78 is 5.25. The summed E-state index contributed by atoms with van der Waals surface area (Å²) in [6.07, 6.45) is 1.11. The number of imidazole rings is 1. The van der Waals surface area contributed by atoms with Crippen LogP contribution in [0, 0.1) is 6.92 Å². The van der Waals surface area contributed by atoms with Gasteiger partial charge in [0.15, 0.2) is 0 Å². The van der Waals surface area contributed by atoms with Crippen LogP contribution in [0.1, 0.15) is 24.2 Å². The molecule has 1 aromatic heterocycles. The van der Waals surface area contributed by atoms with Gasteiger partial charge in [-0.3, -0.25) is 4.79 Å². The summed E-state index contributed by atoms with van der Waals surface area (Å²) in [5.41, 5.74) is 8.37. The third-order valence-corrected chi connectivity index (χ3v) is 3.94. The van der Waals surface area contributed by atoms with Gasteiger partial charge in [-0.15, -0.1) is 0 Å². The fourth-order valence-electron chi connectivity index (χ4n) is 2.56. The number of benzene rings is 1. The molecule has 1 aliphatic rings. The third-order valence-electron chi connectivity index (χ3n) is 3.94. The van der Waals surface area contributed by atoms with Crippen LogP contribution in [0.25, 0.3) is 11.0 Å². The van der Waals surface area contributed by atoms with E-state index in [9.17, 15) is 4.79 Å². The highest BCUT2D eigenvalue weighted by molar-refractivity contribution is 5.86.